The van der Waals surface area contributed by atoms with Gasteiger partial charge in [-0.15, -0.1) is 11.3 Å². The van der Waals surface area contributed by atoms with E-state index < -0.39 is 10.0 Å². The van der Waals surface area contributed by atoms with Crippen molar-refractivity contribution >= 4 is 43.9 Å². The molecule has 1 aliphatic heterocycles. The molecule has 1 aliphatic rings. The van der Waals surface area contributed by atoms with Crippen LogP contribution in [0.2, 0.25) is 0 Å². The maximum Gasteiger partial charge on any atom is 0.291 e. The van der Waals surface area contributed by atoms with Crippen LogP contribution in [0, 0.1) is 13.8 Å². The number of carbonyl (C=O) groups is 1. The lowest BCUT2D eigenvalue weighted by Crippen LogP contribution is -2.40. The third-order valence-electron chi connectivity index (χ3n) is 4.61. The summed E-state index contributed by atoms with van der Waals surface area (Å²) in [6.07, 6.45) is 0. The predicted molar refractivity (Wildman–Crippen MR) is 108 cm³/mol. The zero-order valence-electron chi connectivity index (χ0n) is 15.5. The van der Waals surface area contributed by atoms with Gasteiger partial charge < -0.3 is 14.1 Å². The number of furan rings is 1. The minimum atomic E-state index is -3.87. The van der Waals surface area contributed by atoms with E-state index in [-0.39, 0.29) is 22.3 Å². The van der Waals surface area contributed by atoms with Gasteiger partial charge in [-0.1, -0.05) is 12.1 Å². The van der Waals surface area contributed by atoms with Crippen LogP contribution in [0.15, 0.2) is 39.6 Å². The SMILES string of the molecule is Cc1cc(S(=O)(=O)Nc2c(C(=O)N3CCOCC3)oc3ccccc23)c(C)s1. The molecule has 1 aromatic carbocycles. The summed E-state index contributed by atoms with van der Waals surface area (Å²) in [5.41, 5.74) is 0.630. The lowest BCUT2D eigenvalue weighted by atomic mass is 10.2. The van der Waals surface area contributed by atoms with Crippen LogP contribution in [0.3, 0.4) is 0 Å². The van der Waals surface area contributed by atoms with E-state index in [1.807, 2.05) is 6.92 Å². The molecule has 7 nitrogen and oxygen atoms in total. The van der Waals surface area contributed by atoms with Gasteiger partial charge in [-0.25, -0.2) is 8.42 Å². The van der Waals surface area contributed by atoms with Crippen molar-refractivity contribution in [2.75, 3.05) is 31.0 Å². The standard InChI is InChI=1S/C19H20N2O5S2/c1-12-11-16(13(2)27-12)28(23,24)20-17-14-5-3-4-6-15(14)26-18(17)19(22)21-7-9-25-10-8-21/h3-6,11,20H,7-10H2,1-2H3. The molecule has 9 heteroatoms. The highest BCUT2D eigenvalue weighted by atomic mass is 32.2. The molecule has 1 saturated heterocycles. The molecule has 0 radical (unpaired) electrons. The van der Waals surface area contributed by atoms with Crippen molar-refractivity contribution in [3.05, 3.63) is 45.8 Å². The van der Waals surface area contributed by atoms with Crippen molar-refractivity contribution in [2.24, 2.45) is 0 Å². The Morgan fingerprint density at radius 2 is 1.89 bits per heavy atom. The molecule has 0 bridgehead atoms. The molecule has 2 aromatic heterocycles. The average Bonchev–Trinajstić information content (AvgIpc) is 3.22. The van der Waals surface area contributed by atoms with Crippen LogP contribution in [-0.2, 0) is 14.8 Å². The van der Waals surface area contributed by atoms with Crippen LogP contribution in [0.1, 0.15) is 20.3 Å². The number of amides is 1. The number of aryl methyl sites for hydroxylation is 2. The zero-order chi connectivity index (χ0) is 19.9. The van der Waals surface area contributed by atoms with E-state index in [1.54, 1.807) is 42.2 Å². The van der Waals surface area contributed by atoms with Crippen LogP contribution in [0.5, 0.6) is 0 Å². The van der Waals surface area contributed by atoms with Gasteiger partial charge in [-0.2, -0.15) is 0 Å². The molecular weight excluding hydrogens is 400 g/mol. The summed E-state index contributed by atoms with van der Waals surface area (Å²) >= 11 is 1.41. The van der Waals surface area contributed by atoms with E-state index in [9.17, 15) is 13.2 Å². The predicted octanol–water partition coefficient (Wildman–Crippen LogP) is 3.38. The van der Waals surface area contributed by atoms with Crippen LogP contribution < -0.4 is 4.72 Å². The topological polar surface area (TPSA) is 88.9 Å². The lowest BCUT2D eigenvalue weighted by Gasteiger charge is -2.26. The number of nitrogens with one attached hydrogen (secondary N) is 1. The van der Waals surface area contributed by atoms with Gasteiger partial charge in [-0.3, -0.25) is 9.52 Å². The monoisotopic (exact) mass is 420 g/mol. The van der Waals surface area contributed by atoms with Gasteiger partial charge in [0.2, 0.25) is 5.76 Å². The first-order chi connectivity index (χ1) is 13.4. The molecule has 1 N–H and O–H groups in total. The summed E-state index contributed by atoms with van der Waals surface area (Å²) in [5.74, 6) is -0.355. The van der Waals surface area contributed by atoms with Gasteiger partial charge in [0.05, 0.1) is 13.2 Å². The maximum atomic E-state index is 13.0. The molecule has 1 amide bonds. The number of para-hydroxylation sites is 1. The Bertz CT molecular complexity index is 1140. The maximum absolute atomic E-state index is 13.0. The summed E-state index contributed by atoms with van der Waals surface area (Å²) in [7, 11) is -3.87. The molecule has 148 valence electrons. The second-order valence-corrected chi connectivity index (χ2v) is 9.70. The highest BCUT2D eigenvalue weighted by Crippen LogP contribution is 2.35. The number of benzene rings is 1. The molecule has 4 rings (SSSR count). The number of nitrogens with zero attached hydrogens (tertiary/aromatic N) is 1. The fourth-order valence-corrected chi connectivity index (χ4v) is 5.91. The van der Waals surface area contributed by atoms with Crippen LogP contribution in [0.25, 0.3) is 11.0 Å². The Kier molecular flexibility index (Phi) is 4.90. The van der Waals surface area contributed by atoms with Crippen LogP contribution >= 0.6 is 11.3 Å². The first-order valence-electron chi connectivity index (χ1n) is 8.85. The number of carbonyl (C=O) groups excluding carboxylic acids is 1. The van der Waals surface area contributed by atoms with Crippen LogP contribution in [-0.4, -0.2) is 45.5 Å². The number of fused-ring (bicyclic) bond motifs is 1. The van der Waals surface area contributed by atoms with Crippen LogP contribution in [0.4, 0.5) is 5.69 Å². The van der Waals surface area contributed by atoms with Gasteiger partial charge >= 0.3 is 0 Å². The fraction of sp³-hybridized carbons (Fsp3) is 0.316. The molecule has 1 fully saturated rings. The first-order valence-corrected chi connectivity index (χ1v) is 11.1. The number of thiophene rings is 1. The Labute approximate surface area is 166 Å². The molecule has 3 aromatic rings. The Morgan fingerprint density at radius 3 is 2.57 bits per heavy atom. The summed E-state index contributed by atoms with van der Waals surface area (Å²) in [5, 5.41) is 0.548. The molecule has 0 spiro atoms. The van der Waals surface area contributed by atoms with Crippen molar-refractivity contribution in [3.63, 3.8) is 0 Å². The van der Waals surface area contributed by atoms with Crippen molar-refractivity contribution < 1.29 is 22.4 Å². The Hall–Kier alpha value is -2.36. The summed E-state index contributed by atoms with van der Waals surface area (Å²) < 4.78 is 39.8. The summed E-state index contributed by atoms with van der Waals surface area (Å²) in [4.78, 5) is 16.4. The van der Waals surface area contributed by atoms with Crippen molar-refractivity contribution in [1.82, 2.24) is 4.90 Å². The second kappa shape index (κ2) is 7.23. The highest BCUT2D eigenvalue weighted by Gasteiger charge is 2.30. The zero-order valence-corrected chi connectivity index (χ0v) is 17.2. The van der Waals surface area contributed by atoms with E-state index >= 15 is 0 Å². The van der Waals surface area contributed by atoms with Crippen molar-refractivity contribution in [1.29, 1.82) is 0 Å². The van der Waals surface area contributed by atoms with Gasteiger partial charge in [-0.05, 0) is 32.0 Å². The highest BCUT2D eigenvalue weighted by molar-refractivity contribution is 7.93. The van der Waals surface area contributed by atoms with E-state index in [1.165, 1.54) is 11.3 Å². The quantitative estimate of drug-likeness (QED) is 0.699. The third-order valence-corrected chi connectivity index (χ3v) is 7.18. The number of anilines is 1. The van der Waals surface area contributed by atoms with Gasteiger partial charge in [0.25, 0.3) is 15.9 Å². The largest absolute Gasteiger partial charge is 0.449 e. The number of hydrogen-bond acceptors (Lipinski definition) is 6. The lowest BCUT2D eigenvalue weighted by molar-refractivity contribution is 0.0285. The molecule has 28 heavy (non-hydrogen) atoms. The number of morpholine rings is 1. The van der Waals surface area contributed by atoms with Gasteiger partial charge in [0, 0.05) is 28.2 Å². The molecule has 0 atom stereocenters. The Morgan fingerprint density at radius 1 is 1.18 bits per heavy atom. The number of rotatable bonds is 4. The fourth-order valence-electron chi connectivity index (χ4n) is 3.27. The average molecular weight is 421 g/mol. The van der Waals surface area contributed by atoms with E-state index in [2.05, 4.69) is 4.72 Å². The van der Waals surface area contributed by atoms with Crippen molar-refractivity contribution in [3.8, 4) is 0 Å². The number of ether oxygens (including phenoxy) is 1. The molecule has 3 heterocycles. The molecular formula is C19H20N2O5S2. The van der Waals surface area contributed by atoms with E-state index in [4.69, 9.17) is 9.15 Å². The molecule has 0 unspecified atom stereocenters. The van der Waals surface area contributed by atoms with Gasteiger partial charge in [0.15, 0.2) is 0 Å². The Balaban J connectivity index is 1.79. The smallest absolute Gasteiger partial charge is 0.291 e. The number of sulfonamides is 1. The minimum absolute atomic E-state index is 0.00344. The van der Waals surface area contributed by atoms with Crippen molar-refractivity contribution in [2.45, 2.75) is 18.7 Å². The summed E-state index contributed by atoms with van der Waals surface area (Å²) in [6.45, 7) is 5.38. The molecule has 0 aliphatic carbocycles. The summed E-state index contributed by atoms with van der Waals surface area (Å²) in [6, 6.07) is 8.63. The molecule has 0 saturated carbocycles. The number of hydrogen-bond donors (Lipinski definition) is 1. The first kappa shape index (κ1) is 19.0. The van der Waals surface area contributed by atoms with E-state index in [0.29, 0.717) is 42.1 Å². The second-order valence-electron chi connectivity index (χ2n) is 6.59. The minimum Gasteiger partial charge on any atom is -0.449 e. The normalized spacial score (nSPS) is 15.1. The van der Waals surface area contributed by atoms with Gasteiger partial charge in [0.1, 0.15) is 16.2 Å². The third kappa shape index (κ3) is 3.41. The van der Waals surface area contributed by atoms with E-state index in [0.717, 1.165) is 4.88 Å².